The van der Waals surface area contributed by atoms with Crippen molar-refractivity contribution in [1.82, 2.24) is 0 Å². The van der Waals surface area contributed by atoms with Crippen LogP contribution in [0.1, 0.15) is 27.8 Å². The fourth-order valence-electron chi connectivity index (χ4n) is 2.83. The van der Waals surface area contributed by atoms with Gasteiger partial charge in [0.1, 0.15) is 0 Å². The topological polar surface area (TPSA) is 12.0 Å². The van der Waals surface area contributed by atoms with E-state index in [0.29, 0.717) is 5.02 Å². The van der Waals surface area contributed by atoms with Crippen LogP contribution in [0.3, 0.4) is 0 Å². The predicted octanol–water partition coefficient (Wildman–Crippen LogP) is 7.54. The van der Waals surface area contributed by atoms with Gasteiger partial charge in [0.15, 0.2) is 0 Å². The van der Waals surface area contributed by atoms with Crippen LogP contribution < -0.4 is 5.32 Å². The predicted molar refractivity (Wildman–Crippen MR) is 120 cm³/mol. The van der Waals surface area contributed by atoms with Crippen molar-refractivity contribution < 1.29 is 0 Å². The van der Waals surface area contributed by atoms with Gasteiger partial charge in [0.05, 0.1) is 9.89 Å². The van der Waals surface area contributed by atoms with E-state index in [9.17, 15) is 0 Å². The first kappa shape index (κ1) is 19.1. The molecule has 1 nitrogen and oxygen atoms in total. The Morgan fingerprint density at radius 3 is 2.35 bits per heavy atom. The molecule has 3 rings (SSSR count). The minimum absolute atomic E-state index is 0.649. The Labute approximate surface area is 173 Å². The zero-order valence-corrected chi connectivity index (χ0v) is 18.0. The summed E-state index contributed by atoms with van der Waals surface area (Å²) in [5.41, 5.74) is 7.43. The second-order valence-corrected chi connectivity index (χ2v) is 8.16. The van der Waals surface area contributed by atoms with E-state index in [0.717, 1.165) is 43.0 Å². The van der Waals surface area contributed by atoms with E-state index in [2.05, 4.69) is 66.3 Å². The minimum atomic E-state index is 0.649. The van der Waals surface area contributed by atoms with Crippen molar-refractivity contribution in [3.63, 3.8) is 0 Å². The largest absolute Gasteiger partial charge is 0.355 e. The SMILES string of the molecule is Cc1ccc(C)c(C(=S)c2ccc(Nc3ccc(Br)cc3C)cc2Cl)c1. The summed E-state index contributed by atoms with van der Waals surface area (Å²) >= 11 is 15.8. The molecule has 0 heterocycles. The van der Waals surface area contributed by atoms with Crippen molar-refractivity contribution in [2.45, 2.75) is 20.8 Å². The van der Waals surface area contributed by atoms with Crippen LogP contribution in [-0.2, 0) is 0 Å². The summed E-state index contributed by atoms with van der Waals surface area (Å²) < 4.78 is 1.06. The molecule has 0 unspecified atom stereocenters. The molecule has 0 aliphatic rings. The molecule has 26 heavy (non-hydrogen) atoms. The zero-order chi connectivity index (χ0) is 18.8. The van der Waals surface area contributed by atoms with Crippen LogP contribution >= 0.6 is 39.7 Å². The molecule has 0 spiro atoms. The normalized spacial score (nSPS) is 10.7. The van der Waals surface area contributed by atoms with E-state index >= 15 is 0 Å². The molecule has 0 aliphatic heterocycles. The zero-order valence-electron chi connectivity index (χ0n) is 14.9. The van der Waals surface area contributed by atoms with Crippen LogP contribution in [0.4, 0.5) is 11.4 Å². The quantitative estimate of drug-likeness (QED) is 0.329. The summed E-state index contributed by atoms with van der Waals surface area (Å²) in [6.45, 7) is 6.21. The van der Waals surface area contributed by atoms with Crippen molar-refractivity contribution in [2.75, 3.05) is 5.32 Å². The third-order valence-corrected chi connectivity index (χ3v) is 5.56. The Morgan fingerprint density at radius 2 is 1.65 bits per heavy atom. The van der Waals surface area contributed by atoms with Crippen molar-refractivity contribution in [2.24, 2.45) is 0 Å². The molecule has 0 saturated heterocycles. The molecule has 0 fully saturated rings. The smallest absolute Gasteiger partial charge is 0.0539 e. The maximum Gasteiger partial charge on any atom is 0.0539 e. The average Bonchev–Trinajstić information content (AvgIpc) is 2.59. The fraction of sp³-hybridized carbons (Fsp3) is 0.136. The monoisotopic (exact) mass is 443 g/mol. The second kappa shape index (κ2) is 7.91. The maximum absolute atomic E-state index is 6.56. The lowest BCUT2D eigenvalue weighted by atomic mass is 9.98. The highest BCUT2D eigenvalue weighted by Gasteiger charge is 2.12. The maximum atomic E-state index is 6.56. The number of benzene rings is 3. The Morgan fingerprint density at radius 1 is 0.885 bits per heavy atom. The van der Waals surface area contributed by atoms with Gasteiger partial charge in [-0.2, -0.15) is 0 Å². The van der Waals surface area contributed by atoms with E-state index in [4.69, 9.17) is 23.8 Å². The summed E-state index contributed by atoms with van der Waals surface area (Å²) in [7, 11) is 0. The fourth-order valence-corrected chi connectivity index (χ4v) is 4.03. The van der Waals surface area contributed by atoms with Crippen LogP contribution in [-0.4, -0.2) is 4.86 Å². The van der Waals surface area contributed by atoms with Gasteiger partial charge in [0.2, 0.25) is 0 Å². The van der Waals surface area contributed by atoms with Gasteiger partial charge in [0.25, 0.3) is 0 Å². The summed E-state index contributed by atoms with van der Waals surface area (Å²) in [4.78, 5) is 0.780. The van der Waals surface area contributed by atoms with Crippen molar-refractivity contribution in [3.05, 3.63) is 91.9 Å². The number of rotatable bonds is 4. The van der Waals surface area contributed by atoms with Crippen molar-refractivity contribution >= 4 is 56.0 Å². The number of hydrogen-bond donors (Lipinski definition) is 1. The molecule has 1 N–H and O–H groups in total. The highest BCUT2D eigenvalue weighted by molar-refractivity contribution is 9.10. The van der Waals surface area contributed by atoms with Crippen molar-refractivity contribution in [3.8, 4) is 0 Å². The third kappa shape index (κ3) is 4.17. The third-order valence-electron chi connectivity index (χ3n) is 4.32. The number of anilines is 2. The summed E-state index contributed by atoms with van der Waals surface area (Å²) in [6, 6.07) is 18.4. The van der Waals surface area contributed by atoms with Crippen LogP contribution in [0.5, 0.6) is 0 Å². The molecule has 3 aromatic carbocycles. The van der Waals surface area contributed by atoms with Gasteiger partial charge in [-0.3, -0.25) is 0 Å². The molecule has 4 heteroatoms. The van der Waals surface area contributed by atoms with Crippen LogP contribution in [0.25, 0.3) is 0 Å². The lowest BCUT2D eigenvalue weighted by Crippen LogP contribution is -2.04. The number of halogens is 2. The summed E-state index contributed by atoms with van der Waals surface area (Å²) in [6.07, 6.45) is 0. The summed E-state index contributed by atoms with van der Waals surface area (Å²) in [5, 5.41) is 4.07. The molecule has 0 aliphatic carbocycles. The molecule has 0 aromatic heterocycles. The van der Waals surface area contributed by atoms with E-state index in [1.807, 2.05) is 30.3 Å². The number of hydrogen-bond acceptors (Lipinski definition) is 2. The first-order valence-corrected chi connectivity index (χ1v) is 9.88. The lowest BCUT2D eigenvalue weighted by Gasteiger charge is -2.14. The first-order valence-electron chi connectivity index (χ1n) is 8.30. The Kier molecular flexibility index (Phi) is 5.81. The summed E-state index contributed by atoms with van der Waals surface area (Å²) in [5.74, 6) is 0. The molecule has 3 aromatic rings. The number of thiocarbonyl (C=S) groups is 1. The Balaban J connectivity index is 1.90. The first-order chi connectivity index (χ1) is 12.3. The van der Waals surface area contributed by atoms with E-state index in [-0.39, 0.29) is 0 Å². The number of nitrogens with one attached hydrogen (secondary N) is 1. The Bertz CT molecular complexity index is 997. The molecule has 0 atom stereocenters. The standard InChI is InChI=1S/C22H19BrClNS/c1-13-4-5-14(2)19(10-13)22(26)18-8-7-17(12-20(18)24)25-21-9-6-16(23)11-15(21)3/h4-12,25H,1-3H3. The minimum Gasteiger partial charge on any atom is -0.355 e. The number of aryl methyl sites for hydroxylation is 3. The van der Waals surface area contributed by atoms with Gasteiger partial charge in [-0.25, -0.2) is 0 Å². The molecular weight excluding hydrogens is 426 g/mol. The molecular formula is C22H19BrClNS. The van der Waals surface area contributed by atoms with E-state index in [1.54, 1.807) is 0 Å². The molecule has 0 amide bonds. The van der Waals surface area contributed by atoms with Crippen LogP contribution in [0, 0.1) is 20.8 Å². The highest BCUT2D eigenvalue weighted by Crippen LogP contribution is 2.29. The second-order valence-electron chi connectivity index (χ2n) is 6.43. The van der Waals surface area contributed by atoms with Gasteiger partial charge in [-0.05, 0) is 73.9 Å². The Hall–Kier alpha value is -1.68. The van der Waals surface area contributed by atoms with Gasteiger partial charge in [-0.1, -0.05) is 63.5 Å². The molecule has 132 valence electrons. The van der Waals surface area contributed by atoms with E-state index < -0.39 is 0 Å². The van der Waals surface area contributed by atoms with Gasteiger partial charge >= 0.3 is 0 Å². The molecule has 0 saturated carbocycles. The average molecular weight is 445 g/mol. The van der Waals surface area contributed by atoms with Crippen molar-refractivity contribution in [1.29, 1.82) is 0 Å². The highest BCUT2D eigenvalue weighted by atomic mass is 79.9. The molecule has 0 radical (unpaired) electrons. The van der Waals surface area contributed by atoms with Gasteiger partial charge in [-0.15, -0.1) is 0 Å². The van der Waals surface area contributed by atoms with Gasteiger partial charge < -0.3 is 5.32 Å². The van der Waals surface area contributed by atoms with Crippen LogP contribution in [0.2, 0.25) is 5.02 Å². The lowest BCUT2D eigenvalue weighted by molar-refractivity contribution is 1.38. The van der Waals surface area contributed by atoms with Gasteiger partial charge in [0, 0.05) is 21.4 Å². The van der Waals surface area contributed by atoms with Crippen LogP contribution in [0.15, 0.2) is 59.1 Å². The molecule has 0 bridgehead atoms. The van der Waals surface area contributed by atoms with E-state index in [1.165, 1.54) is 5.56 Å².